The second-order valence-electron chi connectivity index (χ2n) is 10.3. The summed E-state index contributed by atoms with van der Waals surface area (Å²) in [5.74, 6) is 1.36. The van der Waals surface area contributed by atoms with E-state index >= 15 is 0 Å². The van der Waals surface area contributed by atoms with Crippen molar-refractivity contribution in [1.29, 1.82) is 0 Å². The highest BCUT2D eigenvalue weighted by Gasteiger charge is 2.32. The Morgan fingerprint density at radius 1 is 0.950 bits per heavy atom. The van der Waals surface area contributed by atoms with Gasteiger partial charge >= 0.3 is 5.69 Å². The lowest BCUT2D eigenvalue weighted by Gasteiger charge is -2.28. The van der Waals surface area contributed by atoms with E-state index in [1.54, 1.807) is 4.68 Å². The molecule has 5 aromatic rings. The van der Waals surface area contributed by atoms with Crippen LogP contribution in [-0.2, 0) is 13.0 Å². The monoisotopic (exact) mass is 535 g/mol. The number of hydrogen-bond acceptors (Lipinski definition) is 6. The highest BCUT2D eigenvalue weighted by atomic mass is 16.2. The Kier molecular flexibility index (Phi) is 5.93. The van der Waals surface area contributed by atoms with Crippen molar-refractivity contribution in [2.45, 2.75) is 32.7 Å². The number of aromatic nitrogens is 7. The summed E-state index contributed by atoms with van der Waals surface area (Å²) in [6.45, 7) is 5.59. The summed E-state index contributed by atoms with van der Waals surface area (Å²) in [5.41, 5.74) is 5.29. The number of H-pyrrole nitrogens is 2. The Labute approximate surface area is 230 Å². The molecule has 1 fully saturated rings. The molecule has 5 heterocycles. The van der Waals surface area contributed by atoms with Crippen molar-refractivity contribution in [3.05, 3.63) is 94.2 Å². The first-order chi connectivity index (χ1) is 19.5. The summed E-state index contributed by atoms with van der Waals surface area (Å²) in [7, 11) is 0. The molecule has 2 aromatic carbocycles. The van der Waals surface area contributed by atoms with E-state index in [1.807, 2.05) is 72.7 Å². The molecule has 0 unspecified atom stereocenters. The molecule has 0 radical (unpaired) electrons. The second kappa shape index (κ2) is 9.76. The van der Waals surface area contributed by atoms with Crippen LogP contribution in [0, 0.1) is 6.92 Å². The summed E-state index contributed by atoms with van der Waals surface area (Å²) in [4.78, 5) is 37.0. The van der Waals surface area contributed by atoms with Crippen LogP contribution in [0.5, 0.6) is 0 Å². The number of nitrogens with zero attached hydrogens (tertiary/aromatic N) is 7. The number of anilines is 1. The minimum atomic E-state index is -0.375. The van der Waals surface area contributed by atoms with Crippen molar-refractivity contribution in [3.8, 4) is 22.8 Å². The van der Waals surface area contributed by atoms with E-state index in [1.165, 1.54) is 12.8 Å². The molecule has 0 bridgehead atoms. The fraction of sp³-hybridized carbons (Fsp3) is 0.276. The van der Waals surface area contributed by atoms with Crippen LogP contribution in [0.15, 0.2) is 65.7 Å². The Hall–Kier alpha value is -4.77. The number of nitrogens with one attached hydrogen (secondary N) is 2. The summed E-state index contributed by atoms with van der Waals surface area (Å²) < 4.78 is 3.83. The number of carbonyl (C=O) groups excluding carboxylic acids is 1. The number of imidazole rings is 1. The first kappa shape index (κ1) is 24.3. The Bertz CT molecular complexity index is 1750. The number of hydrogen-bond donors (Lipinski definition) is 2. The largest absolute Gasteiger partial charge is 0.340 e. The van der Waals surface area contributed by atoms with Crippen LogP contribution in [0.1, 0.15) is 40.4 Å². The number of fused-ring (bicyclic) bond motifs is 1. The first-order valence-corrected chi connectivity index (χ1v) is 13.6. The van der Waals surface area contributed by atoms with Crippen LogP contribution in [0.2, 0.25) is 0 Å². The lowest BCUT2D eigenvalue weighted by Crippen LogP contribution is -2.38. The van der Waals surface area contributed by atoms with Gasteiger partial charge in [-0.15, -0.1) is 0 Å². The molecule has 1 amide bonds. The van der Waals surface area contributed by atoms with Gasteiger partial charge in [0.1, 0.15) is 11.5 Å². The zero-order chi connectivity index (χ0) is 27.2. The number of rotatable bonds is 6. The van der Waals surface area contributed by atoms with Crippen LogP contribution >= 0.6 is 0 Å². The third-order valence-electron chi connectivity index (χ3n) is 7.80. The van der Waals surface area contributed by atoms with Crippen LogP contribution in [-0.4, -0.2) is 65.0 Å². The number of likely N-dealkylation sites (tertiary alicyclic amines) is 1. The maximum atomic E-state index is 13.9. The molecule has 202 valence electrons. The van der Waals surface area contributed by atoms with Crippen molar-refractivity contribution in [2.24, 2.45) is 0 Å². The molecule has 11 nitrogen and oxygen atoms in total. The maximum Gasteiger partial charge on any atom is 0.340 e. The Balaban J connectivity index is 1.17. The molecular weight excluding hydrogens is 506 g/mol. The highest BCUT2D eigenvalue weighted by molar-refractivity contribution is 6.07. The van der Waals surface area contributed by atoms with Crippen molar-refractivity contribution in [2.75, 3.05) is 24.5 Å². The van der Waals surface area contributed by atoms with E-state index in [2.05, 4.69) is 29.6 Å². The Morgan fingerprint density at radius 2 is 1.75 bits per heavy atom. The molecular formula is C29H29N9O2. The van der Waals surface area contributed by atoms with Gasteiger partial charge in [-0.3, -0.25) is 14.7 Å². The van der Waals surface area contributed by atoms with E-state index in [4.69, 9.17) is 5.10 Å². The molecule has 40 heavy (non-hydrogen) atoms. The van der Waals surface area contributed by atoms with Gasteiger partial charge < -0.3 is 9.47 Å². The lowest BCUT2D eigenvalue weighted by molar-refractivity contribution is 0.0973. The standard InChI is InChI=1S/C29H29N9O2/c1-19-24-11-15-37(22-9-7-21(8-10-22)36-16-12-30-25(36)18-35-13-2-3-14-35)28(39)26(24)38(34-19)23-6-4-5-20(17-23)27-31-29(40)33-32-27/h4-10,12,16-17H,2-3,11,13-15,18H2,1H3,(H2,31,32,33,40). The maximum absolute atomic E-state index is 13.9. The quantitative estimate of drug-likeness (QED) is 0.344. The molecule has 0 atom stereocenters. The van der Waals surface area contributed by atoms with Crippen LogP contribution < -0.4 is 10.6 Å². The van der Waals surface area contributed by atoms with Crippen LogP contribution in [0.4, 0.5) is 5.69 Å². The SMILES string of the molecule is Cc1nn(-c2cccc(-c3n[nH]c(=O)[nH]3)c2)c2c1CCN(c1ccc(-n3ccnc3CN3CCCC3)cc1)C2=O. The Morgan fingerprint density at radius 3 is 2.52 bits per heavy atom. The topological polar surface area (TPSA) is 121 Å². The molecule has 2 N–H and O–H groups in total. The average Bonchev–Trinajstić information content (AvgIpc) is 3.78. The minimum Gasteiger partial charge on any atom is -0.307 e. The molecule has 2 aliphatic heterocycles. The van der Waals surface area contributed by atoms with Gasteiger partial charge in [0, 0.05) is 41.4 Å². The zero-order valence-corrected chi connectivity index (χ0v) is 22.2. The van der Waals surface area contributed by atoms with Crippen molar-refractivity contribution in [1.82, 2.24) is 39.4 Å². The molecule has 2 aliphatic rings. The molecule has 1 saturated heterocycles. The molecule has 7 rings (SSSR count). The third-order valence-corrected chi connectivity index (χ3v) is 7.80. The average molecular weight is 536 g/mol. The van der Waals surface area contributed by atoms with Crippen LogP contribution in [0.3, 0.4) is 0 Å². The molecule has 3 aromatic heterocycles. The summed E-state index contributed by atoms with van der Waals surface area (Å²) in [5, 5.41) is 11.2. The summed E-state index contributed by atoms with van der Waals surface area (Å²) in [6.07, 6.45) is 7.04. The van der Waals surface area contributed by atoms with Crippen LogP contribution in [0.25, 0.3) is 22.8 Å². The third kappa shape index (κ3) is 4.24. The summed E-state index contributed by atoms with van der Waals surface area (Å²) in [6, 6.07) is 15.6. The van der Waals surface area contributed by atoms with E-state index < -0.39 is 0 Å². The first-order valence-electron chi connectivity index (χ1n) is 13.6. The van der Waals surface area contributed by atoms with Crippen molar-refractivity contribution >= 4 is 11.6 Å². The van der Waals surface area contributed by atoms with Gasteiger partial charge in [0.05, 0.1) is 17.9 Å². The smallest absolute Gasteiger partial charge is 0.307 e. The van der Waals surface area contributed by atoms with Gasteiger partial charge in [-0.1, -0.05) is 12.1 Å². The lowest BCUT2D eigenvalue weighted by atomic mass is 10.0. The van der Waals surface area contributed by atoms with E-state index in [0.717, 1.165) is 59.3 Å². The number of benzene rings is 2. The second-order valence-corrected chi connectivity index (χ2v) is 10.3. The number of aryl methyl sites for hydroxylation is 1. The van der Waals surface area contributed by atoms with Gasteiger partial charge in [-0.2, -0.15) is 10.2 Å². The summed E-state index contributed by atoms with van der Waals surface area (Å²) >= 11 is 0. The minimum absolute atomic E-state index is 0.0921. The van der Waals surface area contributed by atoms with Gasteiger partial charge in [0.2, 0.25) is 0 Å². The number of aromatic amines is 2. The van der Waals surface area contributed by atoms with Gasteiger partial charge in [-0.25, -0.2) is 19.6 Å². The van der Waals surface area contributed by atoms with Gasteiger partial charge in [0.15, 0.2) is 5.82 Å². The number of amides is 1. The predicted octanol–water partition coefficient (Wildman–Crippen LogP) is 3.24. The fourth-order valence-electron chi connectivity index (χ4n) is 5.78. The highest BCUT2D eigenvalue weighted by Crippen LogP contribution is 2.30. The fourth-order valence-corrected chi connectivity index (χ4v) is 5.78. The molecule has 0 aliphatic carbocycles. The van der Waals surface area contributed by atoms with Gasteiger partial charge in [-0.05, 0) is 75.7 Å². The van der Waals surface area contributed by atoms with Crippen molar-refractivity contribution < 1.29 is 4.79 Å². The predicted molar refractivity (Wildman–Crippen MR) is 150 cm³/mol. The molecule has 11 heteroatoms. The van der Waals surface area contributed by atoms with E-state index in [0.29, 0.717) is 24.5 Å². The number of carbonyl (C=O) groups is 1. The molecule has 0 spiro atoms. The van der Waals surface area contributed by atoms with E-state index in [9.17, 15) is 9.59 Å². The van der Waals surface area contributed by atoms with Gasteiger partial charge in [0.25, 0.3) is 5.91 Å². The van der Waals surface area contributed by atoms with E-state index in [-0.39, 0.29) is 11.6 Å². The molecule has 0 saturated carbocycles. The normalized spacial score (nSPS) is 15.6. The zero-order valence-electron chi connectivity index (χ0n) is 22.2. The van der Waals surface area contributed by atoms with Crippen molar-refractivity contribution in [3.63, 3.8) is 0 Å².